The van der Waals surface area contributed by atoms with Gasteiger partial charge in [0.05, 0.1) is 18.8 Å². The molecule has 5 rings (SSSR count). The standard InChI is InChI=1S/C31H52O4/c1-5-22-26-18-21(32)11-14-31(26,4)25-12-15-30(3)23(9-10-24(30)28(25)29(22)34)19(2)13-16-35-27(33)17-20-7-6-8-20/h19-26,28-29,32,34H,5-18H2,1-4H3/t19-,21-,22-,23-,24+,25+,26+,28+,29-,30-,31-/m1/s1. The fourth-order valence-electron chi connectivity index (χ4n) is 10.5. The molecule has 0 radical (unpaired) electrons. The smallest absolute Gasteiger partial charge is 0.306 e. The van der Waals surface area contributed by atoms with Crippen molar-refractivity contribution in [2.75, 3.05) is 6.61 Å². The minimum Gasteiger partial charge on any atom is -0.466 e. The minimum absolute atomic E-state index is 0.00857. The average molecular weight is 489 g/mol. The maximum Gasteiger partial charge on any atom is 0.306 e. The summed E-state index contributed by atoms with van der Waals surface area (Å²) in [4.78, 5) is 12.2. The van der Waals surface area contributed by atoms with E-state index in [1.54, 1.807) is 0 Å². The Morgan fingerprint density at radius 1 is 0.971 bits per heavy atom. The lowest BCUT2D eigenvalue weighted by Crippen LogP contribution is -2.62. The fourth-order valence-corrected chi connectivity index (χ4v) is 10.5. The van der Waals surface area contributed by atoms with Crippen molar-refractivity contribution in [1.29, 1.82) is 0 Å². The number of hydrogen-bond donors (Lipinski definition) is 2. The van der Waals surface area contributed by atoms with E-state index >= 15 is 0 Å². The van der Waals surface area contributed by atoms with Crippen LogP contribution in [0.1, 0.15) is 111 Å². The van der Waals surface area contributed by atoms with Crippen molar-refractivity contribution in [3.8, 4) is 0 Å². The van der Waals surface area contributed by atoms with Crippen LogP contribution in [0, 0.1) is 58.2 Å². The Balaban J connectivity index is 1.26. The number of aliphatic hydroxyl groups excluding tert-OH is 2. The molecule has 11 atom stereocenters. The predicted molar refractivity (Wildman–Crippen MR) is 138 cm³/mol. The second kappa shape index (κ2) is 9.93. The van der Waals surface area contributed by atoms with Gasteiger partial charge in [-0.1, -0.05) is 40.5 Å². The molecule has 4 heteroatoms. The average Bonchev–Trinajstić information content (AvgIpc) is 3.15. The molecule has 5 aliphatic carbocycles. The van der Waals surface area contributed by atoms with E-state index in [1.165, 1.54) is 44.9 Å². The van der Waals surface area contributed by atoms with Crippen LogP contribution in [-0.2, 0) is 9.53 Å². The highest BCUT2D eigenvalue weighted by Crippen LogP contribution is 2.69. The number of carbonyl (C=O) groups excluding carboxylic acids is 1. The van der Waals surface area contributed by atoms with Gasteiger partial charge in [0.2, 0.25) is 0 Å². The van der Waals surface area contributed by atoms with E-state index in [1.807, 2.05) is 0 Å². The van der Waals surface area contributed by atoms with Crippen LogP contribution < -0.4 is 0 Å². The number of rotatable bonds is 7. The van der Waals surface area contributed by atoms with E-state index < -0.39 is 0 Å². The van der Waals surface area contributed by atoms with Gasteiger partial charge in [-0.25, -0.2) is 0 Å². The van der Waals surface area contributed by atoms with Crippen LogP contribution in [0.25, 0.3) is 0 Å². The van der Waals surface area contributed by atoms with Gasteiger partial charge in [0.25, 0.3) is 0 Å². The largest absolute Gasteiger partial charge is 0.466 e. The van der Waals surface area contributed by atoms with E-state index in [4.69, 9.17) is 4.74 Å². The van der Waals surface area contributed by atoms with Crippen molar-refractivity contribution < 1.29 is 19.7 Å². The number of carbonyl (C=O) groups is 1. The maximum absolute atomic E-state index is 12.2. The van der Waals surface area contributed by atoms with Crippen molar-refractivity contribution in [2.45, 2.75) is 123 Å². The van der Waals surface area contributed by atoms with Crippen LogP contribution in [0.2, 0.25) is 0 Å². The molecule has 0 amide bonds. The van der Waals surface area contributed by atoms with Gasteiger partial charge < -0.3 is 14.9 Å². The van der Waals surface area contributed by atoms with Gasteiger partial charge >= 0.3 is 5.97 Å². The zero-order valence-corrected chi connectivity index (χ0v) is 22.9. The molecule has 5 fully saturated rings. The quantitative estimate of drug-likeness (QED) is 0.409. The lowest BCUT2D eigenvalue weighted by Gasteiger charge is -2.64. The molecule has 0 aromatic carbocycles. The third-order valence-electron chi connectivity index (χ3n) is 12.7. The van der Waals surface area contributed by atoms with Crippen LogP contribution in [0.4, 0.5) is 0 Å². The lowest BCUT2D eigenvalue weighted by molar-refractivity contribution is -0.203. The maximum atomic E-state index is 12.2. The SMILES string of the molecule is CC[C@H]1[C@@H](O)[C@@H]2[C@H](CC[C@]3(C)[C@@H]([C@H](C)CCOC(=O)CC4CCC4)CC[C@@H]23)[C@@]2(C)CC[C@@H](O)C[C@@H]12. The first-order valence-electron chi connectivity index (χ1n) is 15.2. The summed E-state index contributed by atoms with van der Waals surface area (Å²) in [6, 6.07) is 0. The second-order valence-corrected chi connectivity index (χ2v) is 14.1. The summed E-state index contributed by atoms with van der Waals surface area (Å²) in [6.45, 7) is 10.3. The molecule has 0 aliphatic heterocycles. The van der Waals surface area contributed by atoms with Crippen LogP contribution in [-0.4, -0.2) is 35.0 Å². The molecule has 4 nitrogen and oxygen atoms in total. The number of fused-ring (bicyclic) bond motifs is 5. The highest BCUT2D eigenvalue weighted by atomic mass is 16.5. The second-order valence-electron chi connectivity index (χ2n) is 14.1. The van der Waals surface area contributed by atoms with Gasteiger partial charge in [-0.15, -0.1) is 0 Å². The topological polar surface area (TPSA) is 66.8 Å². The summed E-state index contributed by atoms with van der Waals surface area (Å²) in [5.74, 6) is 4.18. The monoisotopic (exact) mass is 488 g/mol. The predicted octanol–water partition coefficient (Wildman–Crippen LogP) is 6.37. The van der Waals surface area contributed by atoms with Crippen LogP contribution in [0.5, 0.6) is 0 Å². The summed E-state index contributed by atoms with van der Waals surface area (Å²) < 4.78 is 5.66. The first-order chi connectivity index (χ1) is 16.7. The molecular weight excluding hydrogens is 436 g/mol. The summed E-state index contributed by atoms with van der Waals surface area (Å²) in [7, 11) is 0. The fraction of sp³-hybridized carbons (Fsp3) is 0.968. The number of aliphatic hydroxyl groups is 2. The Hall–Kier alpha value is -0.610. The molecule has 35 heavy (non-hydrogen) atoms. The Labute approximate surface area is 214 Å². The summed E-state index contributed by atoms with van der Waals surface area (Å²) in [5.41, 5.74) is 0.552. The lowest BCUT2D eigenvalue weighted by atomic mass is 9.41. The normalized spacial score (nSPS) is 48.3. The summed E-state index contributed by atoms with van der Waals surface area (Å²) >= 11 is 0. The molecule has 5 aliphatic rings. The first kappa shape index (κ1) is 26.0. The molecule has 0 aromatic rings. The van der Waals surface area contributed by atoms with Gasteiger partial charge in [-0.2, -0.15) is 0 Å². The zero-order valence-electron chi connectivity index (χ0n) is 22.9. The Morgan fingerprint density at radius 3 is 2.37 bits per heavy atom. The van der Waals surface area contributed by atoms with Crippen LogP contribution in [0.3, 0.4) is 0 Å². The Morgan fingerprint density at radius 2 is 1.69 bits per heavy atom. The van der Waals surface area contributed by atoms with Crippen molar-refractivity contribution in [3.63, 3.8) is 0 Å². The zero-order chi connectivity index (χ0) is 25.0. The third-order valence-corrected chi connectivity index (χ3v) is 12.7. The first-order valence-corrected chi connectivity index (χ1v) is 15.2. The van der Waals surface area contributed by atoms with E-state index in [-0.39, 0.29) is 29.0 Å². The molecule has 2 N–H and O–H groups in total. The molecule has 5 saturated carbocycles. The highest BCUT2D eigenvalue weighted by Gasteiger charge is 2.64. The number of hydrogen-bond acceptors (Lipinski definition) is 4. The van der Waals surface area contributed by atoms with E-state index in [0.717, 1.165) is 32.1 Å². The van der Waals surface area contributed by atoms with Gasteiger partial charge in [-0.05, 0) is 122 Å². The van der Waals surface area contributed by atoms with Gasteiger partial charge in [0.1, 0.15) is 0 Å². The van der Waals surface area contributed by atoms with Crippen molar-refractivity contribution in [1.82, 2.24) is 0 Å². The number of esters is 1. The van der Waals surface area contributed by atoms with E-state index in [9.17, 15) is 15.0 Å². The molecule has 0 saturated heterocycles. The van der Waals surface area contributed by atoms with Gasteiger partial charge in [-0.3, -0.25) is 4.79 Å². The van der Waals surface area contributed by atoms with Crippen LogP contribution in [0.15, 0.2) is 0 Å². The Bertz CT molecular complexity index is 763. The van der Waals surface area contributed by atoms with Gasteiger partial charge in [0.15, 0.2) is 0 Å². The van der Waals surface area contributed by atoms with Crippen molar-refractivity contribution >= 4 is 5.97 Å². The minimum atomic E-state index is -0.223. The van der Waals surface area contributed by atoms with Gasteiger partial charge in [0, 0.05) is 6.42 Å². The molecular formula is C31H52O4. The summed E-state index contributed by atoms with van der Waals surface area (Å²) in [6.07, 6.45) is 13.8. The molecule has 0 aromatic heterocycles. The molecule has 200 valence electrons. The summed E-state index contributed by atoms with van der Waals surface area (Å²) in [5, 5.41) is 22.3. The highest BCUT2D eigenvalue weighted by molar-refractivity contribution is 5.69. The van der Waals surface area contributed by atoms with Crippen molar-refractivity contribution in [2.24, 2.45) is 58.2 Å². The van der Waals surface area contributed by atoms with Crippen LogP contribution >= 0.6 is 0 Å². The van der Waals surface area contributed by atoms with E-state index in [0.29, 0.717) is 60.4 Å². The third kappa shape index (κ3) is 4.41. The molecule has 0 unspecified atom stereocenters. The van der Waals surface area contributed by atoms with Crippen molar-refractivity contribution in [3.05, 3.63) is 0 Å². The number of ether oxygens (including phenoxy) is 1. The van der Waals surface area contributed by atoms with E-state index in [2.05, 4.69) is 27.7 Å². The molecule has 0 heterocycles. The molecule has 0 spiro atoms. The Kier molecular flexibility index (Phi) is 7.38. The molecule has 0 bridgehead atoms.